The number of phenols is 2. The van der Waals surface area contributed by atoms with Crippen LogP contribution in [0.15, 0.2) is 98.1 Å². The molecule has 0 aromatic heterocycles. The number of nitrogens with zero attached hydrogens (tertiary/aromatic N) is 2. The number of anilines is 2. The molecule has 4 amide bonds. The van der Waals surface area contributed by atoms with Gasteiger partial charge < -0.3 is 19.7 Å². The number of carbonyl (C=O) groups is 8. The second-order valence-electron chi connectivity index (χ2n) is 12.4. The number of fused-ring (bicyclic) bond motifs is 2. The van der Waals surface area contributed by atoms with Crippen LogP contribution in [0.4, 0.5) is 37.7 Å². The second kappa shape index (κ2) is 14.2. The molecule has 2 aliphatic rings. The van der Waals surface area contributed by atoms with E-state index in [1.807, 2.05) is 0 Å². The van der Waals surface area contributed by atoms with Gasteiger partial charge in [-0.25, -0.2) is 29.0 Å². The molecule has 0 aliphatic carbocycles. The first-order valence-corrected chi connectivity index (χ1v) is 16.2. The van der Waals surface area contributed by atoms with E-state index in [0.717, 1.165) is 36.4 Å². The summed E-state index contributed by atoms with van der Waals surface area (Å²) < 4.78 is 101. The van der Waals surface area contributed by atoms with Crippen LogP contribution in [0.25, 0.3) is 0 Å². The number of rotatable bonds is 8. The van der Waals surface area contributed by atoms with E-state index in [0.29, 0.717) is 24.3 Å². The van der Waals surface area contributed by atoms with Crippen LogP contribution in [-0.4, -0.2) is 70.1 Å². The fraction of sp³-hybridized carbons (Fsp3) is 0.0769. The van der Waals surface area contributed by atoms with Gasteiger partial charge in [-0.2, -0.15) is 26.3 Å². The Bertz CT molecular complexity index is 2450. The van der Waals surface area contributed by atoms with Gasteiger partial charge in [0.2, 0.25) is 5.41 Å². The van der Waals surface area contributed by atoms with Crippen LogP contribution < -0.4 is 9.80 Å². The zero-order valence-corrected chi connectivity index (χ0v) is 29.1. The van der Waals surface area contributed by atoms with E-state index in [4.69, 9.17) is 0 Å². The molecule has 0 spiro atoms. The number of imide groups is 2. The average Bonchev–Trinajstić information content (AvgIpc) is 3.57. The van der Waals surface area contributed by atoms with Crippen LogP contribution >= 0.6 is 0 Å². The zero-order valence-electron chi connectivity index (χ0n) is 29.1. The smallest absolute Gasteiger partial charge is 0.411 e. The number of ether oxygens (including phenoxy) is 2. The van der Waals surface area contributed by atoms with E-state index in [2.05, 4.69) is 22.6 Å². The van der Waals surface area contributed by atoms with Crippen LogP contribution in [0.3, 0.4) is 0 Å². The summed E-state index contributed by atoms with van der Waals surface area (Å²) in [6.07, 6.45) is -11.5. The number of amides is 4. The number of aromatic hydroxyl groups is 2. The van der Waals surface area contributed by atoms with Gasteiger partial charge in [0.15, 0.2) is 0 Å². The predicted molar refractivity (Wildman–Crippen MR) is 186 cm³/mol. The van der Waals surface area contributed by atoms with Gasteiger partial charge >= 0.3 is 36.2 Å². The van der Waals surface area contributed by atoms with Gasteiger partial charge in [-0.05, 0) is 71.8 Å². The molecule has 0 fully saturated rings. The molecule has 0 saturated carbocycles. The Morgan fingerprint density at radius 3 is 1.19 bits per heavy atom. The van der Waals surface area contributed by atoms with E-state index in [1.54, 1.807) is 0 Å². The first-order valence-electron chi connectivity index (χ1n) is 16.2. The van der Waals surface area contributed by atoms with Gasteiger partial charge in [-0.15, -0.1) is 0 Å². The molecule has 300 valence electrons. The summed E-state index contributed by atoms with van der Waals surface area (Å²) in [7, 11) is 0. The molecule has 0 bridgehead atoms. The Morgan fingerprint density at radius 2 is 0.864 bits per heavy atom. The van der Waals surface area contributed by atoms with Crippen molar-refractivity contribution in [3.05, 3.63) is 143 Å². The highest BCUT2D eigenvalue weighted by molar-refractivity contribution is 6.36. The van der Waals surface area contributed by atoms with Gasteiger partial charge in [-0.3, -0.25) is 19.2 Å². The number of carbonyl (C=O) groups excluding carboxylic acids is 8. The molecule has 4 aromatic rings. The maximum absolute atomic E-state index is 15.4. The van der Waals surface area contributed by atoms with Crippen molar-refractivity contribution >= 4 is 58.9 Å². The Kier molecular flexibility index (Phi) is 9.84. The molecule has 2 heterocycles. The Balaban J connectivity index is 1.47. The maximum Gasteiger partial charge on any atom is 0.411 e. The summed E-state index contributed by atoms with van der Waals surface area (Å²) >= 11 is 0. The summed E-state index contributed by atoms with van der Waals surface area (Å²) in [5, 5.41) is 21.4. The minimum Gasteiger partial charge on any atom is -0.506 e. The number of phenolic OH excluding ortho intramolecular Hbond substituents is 2. The lowest BCUT2D eigenvalue weighted by atomic mass is 9.72. The number of esters is 4. The van der Waals surface area contributed by atoms with Crippen molar-refractivity contribution in [1.29, 1.82) is 0 Å². The lowest BCUT2D eigenvalue weighted by molar-refractivity contribution is -0.288. The molecule has 0 unspecified atom stereocenters. The Hall–Kier alpha value is -7.90. The molecule has 59 heavy (non-hydrogen) atoms. The SMILES string of the molecule is C=CC(=O)OC(=O)c1ccc2c(c1)C(=O)N(c1cc(C(c3ccc(O)c(N4C(=O)c5ccc(C(=O)OC(=O)C=C)cc5C4=O)c3)(C(F)(F)F)C(F)(F)F)ccc1O)C2=O. The first-order chi connectivity index (χ1) is 27.6. The topological polar surface area (TPSA) is 202 Å². The third-order valence-electron chi connectivity index (χ3n) is 9.11. The average molecular weight is 823 g/mol. The van der Waals surface area contributed by atoms with E-state index in [-0.39, 0.29) is 34.1 Å². The predicted octanol–water partition coefficient (Wildman–Crippen LogP) is 5.85. The van der Waals surface area contributed by atoms with E-state index >= 15 is 26.3 Å². The number of hydrogen-bond acceptors (Lipinski definition) is 12. The summed E-state index contributed by atoms with van der Waals surface area (Å²) in [5.74, 6) is -12.9. The van der Waals surface area contributed by atoms with Gasteiger partial charge in [0, 0.05) is 12.2 Å². The minimum atomic E-state index is -6.39. The fourth-order valence-corrected chi connectivity index (χ4v) is 6.41. The lowest BCUT2D eigenvalue weighted by Crippen LogP contribution is -2.55. The Labute approximate surface area is 324 Å². The second-order valence-corrected chi connectivity index (χ2v) is 12.4. The van der Waals surface area contributed by atoms with Gasteiger partial charge in [0.25, 0.3) is 23.6 Å². The number of alkyl halides is 6. The number of benzene rings is 4. The standard InChI is InChI=1S/C39H20F6N2O12/c1-3-29(50)58-35(56)17-5-9-21-23(13-17)33(54)46(31(21)52)25-15-19(7-11-27(25)48)37(38(40,41)42,39(43,44)45)20-8-12-28(49)26(16-20)47-32(53)22-10-6-18(14-24(22)34(47)55)36(57)59-30(51)4-2/h3-16,48-49H,1-2H2. The maximum atomic E-state index is 15.4. The Morgan fingerprint density at radius 1 is 0.525 bits per heavy atom. The third-order valence-corrected chi connectivity index (χ3v) is 9.11. The van der Waals surface area contributed by atoms with Crippen LogP contribution in [0.1, 0.15) is 73.3 Å². The molecule has 0 atom stereocenters. The molecule has 14 nitrogen and oxygen atoms in total. The van der Waals surface area contributed by atoms with E-state index in [1.165, 1.54) is 0 Å². The van der Waals surface area contributed by atoms with Crippen LogP contribution in [0.2, 0.25) is 0 Å². The van der Waals surface area contributed by atoms with Crippen molar-refractivity contribution in [3.8, 4) is 11.5 Å². The minimum absolute atomic E-state index is 0.0450. The van der Waals surface area contributed by atoms with Crippen molar-refractivity contribution in [2.75, 3.05) is 9.80 Å². The van der Waals surface area contributed by atoms with Gasteiger partial charge in [0.05, 0.1) is 44.8 Å². The van der Waals surface area contributed by atoms with Crippen molar-refractivity contribution in [2.45, 2.75) is 17.8 Å². The molecule has 6 rings (SSSR count). The highest BCUT2D eigenvalue weighted by Crippen LogP contribution is 2.58. The molecule has 2 N–H and O–H groups in total. The zero-order chi connectivity index (χ0) is 43.5. The molecule has 20 heteroatoms. The van der Waals surface area contributed by atoms with Crippen LogP contribution in [-0.2, 0) is 24.5 Å². The third kappa shape index (κ3) is 6.45. The fourth-order valence-electron chi connectivity index (χ4n) is 6.41. The van der Waals surface area contributed by atoms with Crippen LogP contribution in [0.5, 0.6) is 11.5 Å². The van der Waals surface area contributed by atoms with Gasteiger partial charge in [-0.1, -0.05) is 25.3 Å². The highest BCUT2D eigenvalue weighted by atomic mass is 19.4. The molecule has 0 saturated heterocycles. The highest BCUT2D eigenvalue weighted by Gasteiger charge is 2.73. The number of hydrogen-bond donors (Lipinski definition) is 2. The lowest BCUT2D eigenvalue weighted by Gasteiger charge is -2.39. The monoisotopic (exact) mass is 822 g/mol. The quantitative estimate of drug-likeness (QED) is 0.0707. The van der Waals surface area contributed by atoms with Crippen LogP contribution in [0, 0.1) is 0 Å². The van der Waals surface area contributed by atoms with Crippen molar-refractivity contribution < 1.29 is 84.4 Å². The normalized spacial score (nSPS) is 13.9. The summed E-state index contributed by atoms with van der Waals surface area (Å²) in [4.78, 5) is 102. The largest absolute Gasteiger partial charge is 0.506 e. The molecule has 2 aliphatic heterocycles. The molecule has 0 radical (unpaired) electrons. The molecular weight excluding hydrogens is 802 g/mol. The van der Waals surface area contributed by atoms with E-state index in [9.17, 15) is 48.6 Å². The molecular formula is C39H20F6N2O12. The first kappa shape index (κ1) is 40.8. The van der Waals surface area contributed by atoms with Crippen molar-refractivity contribution in [2.24, 2.45) is 0 Å². The summed E-state index contributed by atoms with van der Waals surface area (Å²) in [6, 6.07) is 6.31. The van der Waals surface area contributed by atoms with Crippen molar-refractivity contribution in [1.82, 2.24) is 0 Å². The van der Waals surface area contributed by atoms with Gasteiger partial charge in [0.1, 0.15) is 11.5 Å². The number of halogens is 6. The molecule has 4 aromatic carbocycles. The summed E-state index contributed by atoms with van der Waals surface area (Å²) in [5.41, 5.74) is -14.2. The summed E-state index contributed by atoms with van der Waals surface area (Å²) in [6.45, 7) is 6.22. The van der Waals surface area contributed by atoms with Crippen molar-refractivity contribution in [3.63, 3.8) is 0 Å². The van der Waals surface area contributed by atoms with E-state index < -0.39 is 133 Å².